The van der Waals surface area contributed by atoms with Crippen molar-refractivity contribution in [3.05, 3.63) is 22.4 Å². The summed E-state index contributed by atoms with van der Waals surface area (Å²) in [4.78, 5) is 36.5. The minimum atomic E-state index is -0.992. The topological polar surface area (TPSA) is 84.5 Å². The van der Waals surface area contributed by atoms with Gasteiger partial charge >= 0.3 is 12.0 Å². The van der Waals surface area contributed by atoms with Crippen molar-refractivity contribution in [2.45, 2.75) is 50.5 Å². The number of imide groups is 1. The number of nitrogens with one attached hydrogen (secondary N) is 2. The average Bonchev–Trinajstić information content (AvgIpc) is 3.20. The Hall–Kier alpha value is -1.54. The number of esters is 1. The van der Waals surface area contributed by atoms with E-state index in [1.807, 2.05) is 17.5 Å². The van der Waals surface area contributed by atoms with E-state index >= 15 is 0 Å². The third-order valence-corrected chi connectivity index (χ3v) is 5.66. The summed E-state index contributed by atoms with van der Waals surface area (Å²) in [7, 11) is 0. The molecule has 6 nitrogen and oxygen atoms in total. The second kappa shape index (κ2) is 9.68. The minimum Gasteiger partial charge on any atom is -0.452 e. The molecule has 2 N–H and O–H groups in total. The van der Waals surface area contributed by atoms with Crippen LogP contribution in [0, 0.1) is 0 Å². The molecular weight excluding hydrogens is 348 g/mol. The lowest BCUT2D eigenvalue weighted by Gasteiger charge is -2.15. The number of rotatable bonds is 7. The summed E-state index contributed by atoms with van der Waals surface area (Å²) in [6, 6.07) is 3.57. The standard InChI is InChI=1S/C16H22N2O4S2/c1-11(15(20)18-16(21)17-12-5-2-3-6-12)22-14(19)10-23-9-13-7-4-8-24-13/h4,7-8,11-12H,2-3,5-6,9-10H2,1H3,(H2,17,18,20,21)/t11-/m1/s1. The Balaban J connectivity index is 1.62. The SMILES string of the molecule is C[C@@H](OC(=O)CSCc1cccs1)C(=O)NC(=O)NC1CCCC1. The summed E-state index contributed by atoms with van der Waals surface area (Å²) in [5.41, 5.74) is 0. The van der Waals surface area contributed by atoms with Gasteiger partial charge in [-0.15, -0.1) is 23.1 Å². The highest BCUT2D eigenvalue weighted by Crippen LogP contribution is 2.18. The molecule has 132 valence electrons. The van der Waals surface area contributed by atoms with Crippen molar-refractivity contribution in [2.24, 2.45) is 0 Å². The van der Waals surface area contributed by atoms with Gasteiger partial charge in [-0.3, -0.25) is 14.9 Å². The highest BCUT2D eigenvalue weighted by atomic mass is 32.2. The van der Waals surface area contributed by atoms with Crippen LogP contribution in [-0.2, 0) is 20.1 Å². The van der Waals surface area contributed by atoms with Gasteiger partial charge in [0.05, 0.1) is 5.75 Å². The molecule has 1 fully saturated rings. The summed E-state index contributed by atoms with van der Waals surface area (Å²) < 4.78 is 5.05. The Morgan fingerprint density at radius 1 is 1.38 bits per heavy atom. The molecular formula is C16H22N2O4S2. The average molecular weight is 370 g/mol. The fraction of sp³-hybridized carbons (Fsp3) is 0.562. The van der Waals surface area contributed by atoms with Crippen LogP contribution in [0.3, 0.4) is 0 Å². The fourth-order valence-corrected chi connectivity index (χ4v) is 4.06. The van der Waals surface area contributed by atoms with Crippen LogP contribution in [0.15, 0.2) is 17.5 Å². The van der Waals surface area contributed by atoms with Crippen molar-refractivity contribution in [1.29, 1.82) is 0 Å². The summed E-state index contributed by atoms with van der Waals surface area (Å²) in [6.07, 6.45) is 3.07. The maximum atomic E-state index is 11.9. The van der Waals surface area contributed by atoms with Crippen LogP contribution in [0.4, 0.5) is 4.79 Å². The predicted octanol–water partition coefficient (Wildman–Crippen LogP) is 2.68. The van der Waals surface area contributed by atoms with Gasteiger partial charge in [-0.05, 0) is 31.2 Å². The molecule has 1 aliphatic carbocycles. The first-order chi connectivity index (χ1) is 11.5. The van der Waals surface area contributed by atoms with Gasteiger partial charge in [-0.1, -0.05) is 18.9 Å². The zero-order chi connectivity index (χ0) is 17.4. The fourth-order valence-electron chi connectivity index (χ4n) is 2.42. The first kappa shape index (κ1) is 18.8. The molecule has 1 heterocycles. The number of urea groups is 1. The van der Waals surface area contributed by atoms with E-state index in [0.717, 1.165) is 31.4 Å². The molecule has 0 aromatic carbocycles. The van der Waals surface area contributed by atoms with Crippen molar-refractivity contribution in [2.75, 3.05) is 5.75 Å². The summed E-state index contributed by atoms with van der Waals surface area (Å²) in [6.45, 7) is 1.46. The zero-order valence-corrected chi connectivity index (χ0v) is 15.2. The van der Waals surface area contributed by atoms with Crippen LogP contribution in [-0.4, -0.2) is 35.8 Å². The van der Waals surface area contributed by atoms with Crippen molar-refractivity contribution in [3.8, 4) is 0 Å². The molecule has 0 radical (unpaired) electrons. The van der Waals surface area contributed by atoms with E-state index in [4.69, 9.17) is 4.74 Å². The Bertz CT molecular complexity index is 556. The molecule has 1 aliphatic rings. The van der Waals surface area contributed by atoms with Crippen LogP contribution in [0.2, 0.25) is 0 Å². The Kier molecular flexibility index (Phi) is 7.58. The molecule has 24 heavy (non-hydrogen) atoms. The highest BCUT2D eigenvalue weighted by molar-refractivity contribution is 7.99. The van der Waals surface area contributed by atoms with Crippen LogP contribution in [0.1, 0.15) is 37.5 Å². The van der Waals surface area contributed by atoms with E-state index < -0.39 is 24.0 Å². The molecule has 1 atom stereocenters. The highest BCUT2D eigenvalue weighted by Gasteiger charge is 2.22. The van der Waals surface area contributed by atoms with Crippen LogP contribution in [0.5, 0.6) is 0 Å². The summed E-state index contributed by atoms with van der Waals surface area (Å²) in [5.74, 6) is -0.168. The molecule has 0 spiro atoms. The lowest BCUT2D eigenvalue weighted by molar-refractivity contribution is -0.151. The van der Waals surface area contributed by atoms with Gasteiger partial charge < -0.3 is 10.1 Å². The number of hydrogen-bond acceptors (Lipinski definition) is 6. The molecule has 1 saturated carbocycles. The van der Waals surface area contributed by atoms with Gasteiger partial charge in [0.25, 0.3) is 5.91 Å². The van der Waals surface area contributed by atoms with Gasteiger partial charge in [-0.2, -0.15) is 0 Å². The number of thioether (sulfide) groups is 1. The quantitative estimate of drug-likeness (QED) is 0.721. The van der Waals surface area contributed by atoms with Crippen LogP contribution in [0.25, 0.3) is 0 Å². The van der Waals surface area contributed by atoms with E-state index in [1.165, 1.54) is 23.6 Å². The largest absolute Gasteiger partial charge is 0.452 e. The Morgan fingerprint density at radius 2 is 2.12 bits per heavy atom. The monoisotopic (exact) mass is 370 g/mol. The number of thiophene rings is 1. The van der Waals surface area contributed by atoms with Gasteiger partial charge in [0.15, 0.2) is 6.10 Å². The third-order valence-electron chi connectivity index (χ3n) is 3.65. The smallest absolute Gasteiger partial charge is 0.321 e. The lowest BCUT2D eigenvalue weighted by Crippen LogP contribution is -2.47. The number of ether oxygens (including phenoxy) is 1. The lowest BCUT2D eigenvalue weighted by atomic mass is 10.2. The van der Waals surface area contributed by atoms with E-state index in [0.29, 0.717) is 0 Å². The number of amides is 3. The molecule has 3 amide bonds. The maximum absolute atomic E-state index is 11.9. The Labute approximate surface area is 149 Å². The van der Waals surface area contributed by atoms with Gasteiger partial charge in [0.2, 0.25) is 0 Å². The summed E-state index contributed by atoms with van der Waals surface area (Å²) in [5, 5.41) is 6.96. The molecule has 0 unspecified atom stereocenters. The molecule has 0 saturated heterocycles. The normalized spacial score (nSPS) is 15.7. The zero-order valence-electron chi connectivity index (χ0n) is 13.6. The number of carbonyl (C=O) groups is 3. The van der Waals surface area contributed by atoms with Crippen LogP contribution < -0.4 is 10.6 Å². The van der Waals surface area contributed by atoms with E-state index in [9.17, 15) is 14.4 Å². The minimum absolute atomic E-state index is 0.129. The second-order valence-electron chi connectivity index (χ2n) is 5.65. The summed E-state index contributed by atoms with van der Waals surface area (Å²) >= 11 is 3.06. The molecule has 8 heteroatoms. The van der Waals surface area contributed by atoms with Crippen molar-refractivity contribution >= 4 is 41.0 Å². The molecule has 1 aromatic rings. The second-order valence-corrected chi connectivity index (χ2v) is 7.67. The van der Waals surface area contributed by atoms with Crippen molar-refractivity contribution in [3.63, 3.8) is 0 Å². The van der Waals surface area contributed by atoms with Crippen molar-refractivity contribution < 1.29 is 19.1 Å². The van der Waals surface area contributed by atoms with E-state index in [1.54, 1.807) is 11.3 Å². The van der Waals surface area contributed by atoms with E-state index in [-0.39, 0.29) is 11.8 Å². The van der Waals surface area contributed by atoms with E-state index in [2.05, 4.69) is 10.6 Å². The molecule has 0 aliphatic heterocycles. The molecule has 1 aromatic heterocycles. The van der Waals surface area contributed by atoms with Gasteiger partial charge in [-0.25, -0.2) is 4.79 Å². The molecule has 2 rings (SSSR count). The van der Waals surface area contributed by atoms with Crippen molar-refractivity contribution in [1.82, 2.24) is 10.6 Å². The Morgan fingerprint density at radius 3 is 2.79 bits per heavy atom. The molecule has 0 bridgehead atoms. The number of carbonyl (C=O) groups excluding carboxylic acids is 3. The number of hydrogen-bond donors (Lipinski definition) is 2. The third kappa shape index (κ3) is 6.52. The predicted molar refractivity (Wildman–Crippen MR) is 95.0 cm³/mol. The van der Waals surface area contributed by atoms with Gasteiger partial charge in [0, 0.05) is 16.7 Å². The van der Waals surface area contributed by atoms with Crippen LogP contribution >= 0.6 is 23.1 Å². The maximum Gasteiger partial charge on any atom is 0.321 e. The van der Waals surface area contributed by atoms with Gasteiger partial charge in [0.1, 0.15) is 0 Å². The first-order valence-electron chi connectivity index (χ1n) is 7.95. The first-order valence-corrected chi connectivity index (χ1v) is 9.99.